The first-order chi connectivity index (χ1) is 14.9. The molecule has 0 saturated carbocycles. The van der Waals surface area contributed by atoms with Gasteiger partial charge in [-0.05, 0) is 35.1 Å². The number of nitrogens with two attached hydrogens (primary N) is 1. The first-order valence-electron chi connectivity index (χ1n) is 10.4. The van der Waals surface area contributed by atoms with Gasteiger partial charge in [0.2, 0.25) is 5.91 Å². The van der Waals surface area contributed by atoms with Crippen LogP contribution in [-0.4, -0.2) is 42.0 Å². The van der Waals surface area contributed by atoms with Crippen LogP contribution in [0.3, 0.4) is 0 Å². The molecule has 5 nitrogen and oxygen atoms in total. The van der Waals surface area contributed by atoms with E-state index in [1.807, 2.05) is 66.9 Å². The molecule has 1 atom stereocenters. The number of rotatable bonds is 6. The maximum Gasteiger partial charge on any atom is 0.251 e. The van der Waals surface area contributed by atoms with Crippen molar-refractivity contribution in [2.24, 2.45) is 5.73 Å². The van der Waals surface area contributed by atoms with Crippen LogP contribution in [0.25, 0.3) is 10.4 Å². The molecule has 2 N–H and O–H groups in total. The lowest BCUT2D eigenvalue weighted by Crippen LogP contribution is -2.61. The molecule has 1 fully saturated rings. The molecule has 1 aliphatic rings. The zero-order valence-corrected chi connectivity index (χ0v) is 18.4. The van der Waals surface area contributed by atoms with E-state index >= 15 is 0 Å². The Labute approximate surface area is 186 Å². The van der Waals surface area contributed by atoms with E-state index < -0.39 is 11.5 Å². The smallest absolute Gasteiger partial charge is 0.251 e. The third kappa shape index (κ3) is 4.86. The first-order valence-corrected chi connectivity index (χ1v) is 11.2. The van der Waals surface area contributed by atoms with Crippen molar-refractivity contribution >= 4 is 23.2 Å². The Morgan fingerprint density at radius 1 is 1.06 bits per heavy atom. The summed E-state index contributed by atoms with van der Waals surface area (Å²) in [5, 5.41) is 2.05. The van der Waals surface area contributed by atoms with E-state index in [-0.39, 0.29) is 19.1 Å². The molecule has 2 aromatic carbocycles. The van der Waals surface area contributed by atoms with Gasteiger partial charge in [0.25, 0.3) is 5.91 Å². The SMILES string of the molecule is Cc1ccc(CC(=O)N2CCOC(Cc3ccc(-c4cccs4)cc3)(C(N)=O)C2)cc1. The van der Waals surface area contributed by atoms with E-state index in [0.717, 1.165) is 22.3 Å². The Hall–Kier alpha value is -2.96. The number of aryl methyl sites for hydroxylation is 1. The topological polar surface area (TPSA) is 72.6 Å². The second-order valence-corrected chi connectivity index (χ2v) is 8.98. The molecule has 6 heteroatoms. The Balaban J connectivity index is 1.48. The molecule has 2 amide bonds. The van der Waals surface area contributed by atoms with Gasteiger partial charge in [0.15, 0.2) is 5.60 Å². The summed E-state index contributed by atoms with van der Waals surface area (Å²) in [5.74, 6) is -0.562. The number of nitrogens with zero attached hydrogens (tertiary/aromatic N) is 1. The van der Waals surface area contributed by atoms with Gasteiger partial charge < -0.3 is 15.4 Å². The van der Waals surface area contributed by atoms with Gasteiger partial charge in [-0.1, -0.05) is 60.2 Å². The monoisotopic (exact) mass is 434 g/mol. The maximum atomic E-state index is 12.9. The van der Waals surface area contributed by atoms with Gasteiger partial charge in [0.1, 0.15) is 0 Å². The maximum absolute atomic E-state index is 12.9. The molecule has 0 bridgehead atoms. The van der Waals surface area contributed by atoms with Crippen molar-refractivity contribution in [2.45, 2.75) is 25.4 Å². The second kappa shape index (κ2) is 9.04. The number of ether oxygens (including phenoxy) is 1. The number of amides is 2. The van der Waals surface area contributed by atoms with Crippen LogP contribution in [-0.2, 0) is 27.2 Å². The van der Waals surface area contributed by atoms with Crippen LogP contribution in [0.4, 0.5) is 0 Å². The Morgan fingerprint density at radius 2 is 1.77 bits per heavy atom. The van der Waals surface area contributed by atoms with Crippen LogP contribution in [0.5, 0.6) is 0 Å². The zero-order chi connectivity index (χ0) is 21.8. The highest BCUT2D eigenvalue weighted by Crippen LogP contribution is 2.28. The number of hydrogen-bond donors (Lipinski definition) is 1. The van der Waals surface area contributed by atoms with E-state index in [1.165, 1.54) is 4.88 Å². The van der Waals surface area contributed by atoms with Crippen molar-refractivity contribution in [1.29, 1.82) is 0 Å². The molecule has 2 heterocycles. The van der Waals surface area contributed by atoms with Gasteiger partial charge >= 0.3 is 0 Å². The summed E-state index contributed by atoms with van der Waals surface area (Å²) in [5.41, 5.74) is 8.76. The summed E-state index contributed by atoms with van der Waals surface area (Å²) in [4.78, 5) is 28.3. The number of carbonyl (C=O) groups is 2. The van der Waals surface area contributed by atoms with Gasteiger partial charge in [-0.15, -0.1) is 11.3 Å². The molecular formula is C25H26N2O3S. The van der Waals surface area contributed by atoms with Gasteiger partial charge in [-0.25, -0.2) is 0 Å². The fraction of sp³-hybridized carbons (Fsp3) is 0.280. The van der Waals surface area contributed by atoms with E-state index in [4.69, 9.17) is 10.5 Å². The molecule has 0 spiro atoms. The Morgan fingerprint density at radius 3 is 2.42 bits per heavy atom. The summed E-state index contributed by atoms with van der Waals surface area (Å²) in [7, 11) is 0. The van der Waals surface area contributed by atoms with E-state index in [1.54, 1.807) is 16.2 Å². The summed E-state index contributed by atoms with van der Waals surface area (Å²) in [6, 6.07) is 20.1. The minimum atomic E-state index is -1.22. The predicted octanol–water partition coefficient (Wildman–Crippen LogP) is 3.59. The lowest BCUT2D eigenvalue weighted by atomic mass is 9.91. The standard InChI is InChI=1S/C25H26N2O3S/c1-18-4-6-19(7-5-18)15-23(28)27-12-13-30-25(17-27,24(26)29)16-20-8-10-21(11-9-20)22-3-2-14-31-22/h2-11,14H,12-13,15-17H2,1H3,(H2,26,29). The van der Waals surface area contributed by atoms with Crippen LogP contribution in [0.1, 0.15) is 16.7 Å². The van der Waals surface area contributed by atoms with Gasteiger partial charge in [-0.3, -0.25) is 9.59 Å². The molecule has 0 radical (unpaired) electrons. The molecule has 1 aromatic heterocycles. The van der Waals surface area contributed by atoms with Crippen LogP contribution < -0.4 is 5.73 Å². The number of thiophene rings is 1. The third-order valence-corrected chi connectivity index (χ3v) is 6.63. The Bertz CT molecular complexity index is 1050. The average Bonchev–Trinajstić information content (AvgIpc) is 3.31. The number of morpholine rings is 1. The van der Waals surface area contributed by atoms with E-state index in [0.29, 0.717) is 19.4 Å². The summed E-state index contributed by atoms with van der Waals surface area (Å²) < 4.78 is 5.91. The van der Waals surface area contributed by atoms with E-state index in [9.17, 15) is 9.59 Å². The third-order valence-electron chi connectivity index (χ3n) is 5.71. The van der Waals surface area contributed by atoms with Crippen molar-refractivity contribution in [2.75, 3.05) is 19.7 Å². The van der Waals surface area contributed by atoms with Crippen molar-refractivity contribution in [3.05, 3.63) is 82.7 Å². The molecular weight excluding hydrogens is 408 g/mol. The molecule has 160 valence electrons. The largest absolute Gasteiger partial charge is 0.367 e. The number of benzene rings is 2. The van der Waals surface area contributed by atoms with Crippen molar-refractivity contribution in [3.8, 4) is 10.4 Å². The fourth-order valence-corrected chi connectivity index (χ4v) is 4.62. The molecule has 4 rings (SSSR count). The van der Waals surface area contributed by atoms with Crippen LogP contribution in [0.2, 0.25) is 0 Å². The minimum Gasteiger partial charge on any atom is -0.367 e. The van der Waals surface area contributed by atoms with Gasteiger partial charge in [0, 0.05) is 17.8 Å². The quantitative estimate of drug-likeness (QED) is 0.644. The highest BCUT2D eigenvalue weighted by Gasteiger charge is 2.43. The fourth-order valence-electron chi connectivity index (χ4n) is 3.89. The first kappa shape index (κ1) is 21.3. The molecule has 1 saturated heterocycles. The van der Waals surface area contributed by atoms with Crippen molar-refractivity contribution in [1.82, 2.24) is 4.90 Å². The van der Waals surface area contributed by atoms with Gasteiger partial charge in [-0.2, -0.15) is 0 Å². The average molecular weight is 435 g/mol. The molecule has 31 heavy (non-hydrogen) atoms. The van der Waals surface area contributed by atoms with Crippen molar-refractivity contribution < 1.29 is 14.3 Å². The molecule has 3 aromatic rings. The summed E-state index contributed by atoms with van der Waals surface area (Å²) in [6.45, 7) is 2.92. The number of carbonyl (C=O) groups excluding carboxylic acids is 2. The van der Waals surface area contributed by atoms with Crippen LogP contribution in [0, 0.1) is 6.92 Å². The Kier molecular flexibility index (Phi) is 6.20. The minimum absolute atomic E-state index is 0.0224. The number of primary amides is 1. The highest BCUT2D eigenvalue weighted by molar-refractivity contribution is 7.13. The highest BCUT2D eigenvalue weighted by atomic mass is 32.1. The normalized spacial score (nSPS) is 18.7. The van der Waals surface area contributed by atoms with Gasteiger partial charge in [0.05, 0.1) is 19.6 Å². The summed E-state index contributed by atoms with van der Waals surface area (Å²) in [6.07, 6.45) is 0.631. The lowest BCUT2D eigenvalue weighted by Gasteiger charge is -2.41. The number of hydrogen-bond acceptors (Lipinski definition) is 4. The molecule has 1 unspecified atom stereocenters. The van der Waals surface area contributed by atoms with Crippen molar-refractivity contribution in [3.63, 3.8) is 0 Å². The lowest BCUT2D eigenvalue weighted by molar-refractivity contribution is -0.163. The summed E-state index contributed by atoms with van der Waals surface area (Å²) >= 11 is 1.68. The molecule has 1 aliphatic heterocycles. The van der Waals surface area contributed by atoms with Crippen LogP contribution >= 0.6 is 11.3 Å². The second-order valence-electron chi connectivity index (χ2n) is 8.04. The molecule has 0 aliphatic carbocycles. The van der Waals surface area contributed by atoms with E-state index in [2.05, 4.69) is 6.07 Å². The van der Waals surface area contributed by atoms with Crippen LogP contribution in [0.15, 0.2) is 66.0 Å². The predicted molar refractivity (Wildman–Crippen MR) is 123 cm³/mol. The zero-order valence-electron chi connectivity index (χ0n) is 17.5.